The van der Waals surface area contributed by atoms with Gasteiger partial charge in [0.25, 0.3) is 0 Å². The molecule has 34 heavy (non-hydrogen) atoms. The van der Waals surface area contributed by atoms with Crippen molar-refractivity contribution in [1.29, 1.82) is 0 Å². The van der Waals surface area contributed by atoms with Gasteiger partial charge in [-0.1, -0.05) is 12.1 Å². The number of aromatic amines is 1. The summed E-state index contributed by atoms with van der Waals surface area (Å²) in [6.45, 7) is 10.3. The zero-order valence-corrected chi connectivity index (χ0v) is 21.0. The molecule has 2 aromatic rings. The fraction of sp³-hybridized carbons (Fsp3) is 0.625. The maximum Gasteiger partial charge on any atom is 0.411 e. The molecule has 9 nitrogen and oxygen atoms in total. The molecule has 0 radical (unpaired) electrons. The second-order valence-electron chi connectivity index (χ2n) is 10.3. The van der Waals surface area contributed by atoms with Crippen LogP contribution in [0.4, 0.5) is 10.6 Å². The van der Waals surface area contributed by atoms with Gasteiger partial charge in [-0.3, -0.25) is 19.7 Å². The van der Waals surface area contributed by atoms with Crippen molar-refractivity contribution in [3.8, 4) is 0 Å². The van der Waals surface area contributed by atoms with E-state index < -0.39 is 11.6 Å². The van der Waals surface area contributed by atoms with E-state index in [9.17, 15) is 9.59 Å². The first-order chi connectivity index (χ1) is 16.3. The minimum atomic E-state index is -0.593. The summed E-state index contributed by atoms with van der Waals surface area (Å²) in [7, 11) is 0. The molecule has 5 rings (SSSR count). The van der Waals surface area contributed by atoms with Crippen molar-refractivity contribution >= 4 is 40.5 Å². The van der Waals surface area contributed by atoms with Gasteiger partial charge in [0, 0.05) is 56.4 Å². The lowest BCUT2D eigenvalue weighted by Crippen LogP contribution is -2.51. The van der Waals surface area contributed by atoms with Gasteiger partial charge in [0.2, 0.25) is 5.91 Å². The topological polar surface area (TPSA) is 85.0 Å². The van der Waals surface area contributed by atoms with Crippen LogP contribution in [0.1, 0.15) is 27.2 Å². The van der Waals surface area contributed by atoms with Crippen LogP contribution in [0.25, 0.3) is 10.9 Å². The average molecular weight is 487 g/mol. The van der Waals surface area contributed by atoms with Gasteiger partial charge in [0.05, 0.1) is 11.4 Å². The van der Waals surface area contributed by atoms with Crippen LogP contribution in [0.2, 0.25) is 0 Å². The molecule has 184 valence electrons. The van der Waals surface area contributed by atoms with E-state index in [4.69, 9.17) is 4.74 Å². The molecule has 4 heterocycles. The third kappa shape index (κ3) is 4.70. The van der Waals surface area contributed by atoms with Gasteiger partial charge in [-0.05, 0) is 39.3 Å². The standard InChI is InChI=1S/C24H34N6O3S/c1-24(2,3)33-23(32)30-15-17(14-20(30)22(31)29-12-13-34-16-29)27-8-10-28(11-9-27)21-18-6-4-5-7-19(18)25-26-21/h4-7,17,20H,8-16H2,1-3H3,(H,25,26)/t17-,20-/m0/s1. The van der Waals surface area contributed by atoms with E-state index in [1.165, 1.54) is 0 Å². The number of para-hydroxylation sites is 1. The molecule has 0 saturated carbocycles. The molecular weight excluding hydrogens is 452 g/mol. The van der Waals surface area contributed by atoms with Crippen molar-refractivity contribution in [2.75, 3.05) is 55.8 Å². The van der Waals surface area contributed by atoms with E-state index >= 15 is 0 Å². The third-order valence-electron chi connectivity index (χ3n) is 6.84. The Kier molecular flexibility index (Phi) is 6.37. The number of hydrogen-bond donors (Lipinski definition) is 1. The summed E-state index contributed by atoms with van der Waals surface area (Å²) >= 11 is 1.76. The smallest absolute Gasteiger partial charge is 0.411 e. The first-order valence-electron chi connectivity index (χ1n) is 12.1. The molecular formula is C24H34N6O3S. The summed E-state index contributed by atoms with van der Waals surface area (Å²) in [6, 6.07) is 7.89. The minimum absolute atomic E-state index is 0.0555. The number of ether oxygens (including phenoxy) is 1. The monoisotopic (exact) mass is 486 g/mol. The first kappa shape index (κ1) is 23.3. The highest BCUT2D eigenvalue weighted by Crippen LogP contribution is 2.30. The zero-order chi connectivity index (χ0) is 23.9. The van der Waals surface area contributed by atoms with E-state index in [1.807, 2.05) is 43.9 Å². The number of carbonyl (C=O) groups is 2. The van der Waals surface area contributed by atoms with Gasteiger partial charge in [-0.15, -0.1) is 11.8 Å². The fourth-order valence-electron chi connectivity index (χ4n) is 5.12. The summed E-state index contributed by atoms with van der Waals surface area (Å²) < 4.78 is 5.68. The number of thioether (sulfide) groups is 1. The Morgan fingerprint density at radius 2 is 1.88 bits per heavy atom. The van der Waals surface area contributed by atoms with E-state index in [0.29, 0.717) is 18.8 Å². The number of nitrogens with zero attached hydrogens (tertiary/aromatic N) is 5. The number of hydrogen-bond acceptors (Lipinski definition) is 7. The molecule has 1 aromatic heterocycles. The number of benzene rings is 1. The first-order valence-corrected chi connectivity index (χ1v) is 13.2. The molecule has 3 aliphatic heterocycles. The van der Waals surface area contributed by atoms with Gasteiger partial charge in [0.15, 0.2) is 5.82 Å². The largest absolute Gasteiger partial charge is 0.444 e. The fourth-order valence-corrected chi connectivity index (χ4v) is 6.08. The van der Waals surface area contributed by atoms with Crippen LogP contribution in [0.5, 0.6) is 0 Å². The Balaban J connectivity index is 1.27. The van der Waals surface area contributed by atoms with Gasteiger partial charge in [0.1, 0.15) is 11.6 Å². The molecule has 1 aromatic carbocycles. The van der Waals surface area contributed by atoms with Crippen molar-refractivity contribution in [2.45, 2.75) is 44.9 Å². The number of rotatable bonds is 3. The molecule has 2 atom stereocenters. The van der Waals surface area contributed by atoms with Crippen LogP contribution in [-0.2, 0) is 9.53 Å². The van der Waals surface area contributed by atoms with Gasteiger partial charge in [-0.25, -0.2) is 4.79 Å². The van der Waals surface area contributed by atoms with Crippen molar-refractivity contribution in [3.63, 3.8) is 0 Å². The maximum atomic E-state index is 13.3. The number of anilines is 1. The SMILES string of the molecule is CC(C)(C)OC(=O)N1C[C@@H](N2CCN(c3n[nH]c4ccccc34)CC2)C[C@H]1C(=O)N1CCSC1. The van der Waals surface area contributed by atoms with Gasteiger partial charge >= 0.3 is 6.09 Å². The predicted octanol–water partition coefficient (Wildman–Crippen LogP) is 2.60. The number of carbonyl (C=O) groups excluding carboxylic acids is 2. The van der Waals surface area contributed by atoms with Crippen molar-refractivity contribution in [3.05, 3.63) is 24.3 Å². The van der Waals surface area contributed by atoms with E-state index in [-0.39, 0.29) is 18.0 Å². The number of H-pyrrole nitrogens is 1. The van der Waals surface area contributed by atoms with Crippen LogP contribution in [0.3, 0.4) is 0 Å². The van der Waals surface area contributed by atoms with Crippen LogP contribution in [-0.4, -0.2) is 105 Å². The lowest BCUT2D eigenvalue weighted by atomic mass is 10.1. The number of likely N-dealkylation sites (tertiary alicyclic amines) is 1. The Labute approximate surface area is 204 Å². The highest BCUT2D eigenvalue weighted by molar-refractivity contribution is 7.99. The quantitative estimate of drug-likeness (QED) is 0.714. The third-order valence-corrected chi connectivity index (χ3v) is 7.80. The average Bonchev–Trinajstić information content (AvgIpc) is 3.57. The van der Waals surface area contributed by atoms with Crippen LogP contribution >= 0.6 is 11.8 Å². The Morgan fingerprint density at radius 3 is 2.59 bits per heavy atom. The normalized spacial score (nSPS) is 24.3. The summed E-state index contributed by atoms with van der Waals surface area (Å²) in [5.74, 6) is 2.72. The Morgan fingerprint density at radius 1 is 1.12 bits per heavy atom. The van der Waals surface area contributed by atoms with Gasteiger partial charge < -0.3 is 14.5 Å². The summed E-state index contributed by atoms with van der Waals surface area (Å²) in [4.78, 5) is 34.7. The molecule has 0 spiro atoms. The number of fused-ring (bicyclic) bond motifs is 1. The predicted molar refractivity (Wildman–Crippen MR) is 134 cm³/mol. The van der Waals surface area contributed by atoms with E-state index in [2.05, 4.69) is 26.1 Å². The highest BCUT2D eigenvalue weighted by atomic mass is 32.2. The summed E-state index contributed by atoms with van der Waals surface area (Å²) in [6.07, 6.45) is 0.270. The van der Waals surface area contributed by atoms with Crippen LogP contribution in [0, 0.1) is 0 Å². The lowest BCUT2D eigenvalue weighted by molar-refractivity contribution is -0.134. The zero-order valence-electron chi connectivity index (χ0n) is 20.2. The molecule has 0 aliphatic carbocycles. The Hall–Kier alpha value is -2.46. The molecule has 3 saturated heterocycles. The second kappa shape index (κ2) is 9.30. The maximum absolute atomic E-state index is 13.3. The molecule has 10 heteroatoms. The second-order valence-corrected chi connectivity index (χ2v) is 11.4. The number of aromatic nitrogens is 2. The molecule has 2 amide bonds. The number of piperazine rings is 1. The molecule has 3 fully saturated rings. The number of nitrogens with one attached hydrogen (secondary N) is 1. The number of amides is 2. The lowest BCUT2D eigenvalue weighted by Gasteiger charge is -2.38. The molecule has 0 bridgehead atoms. The summed E-state index contributed by atoms with van der Waals surface area (Å²) in [5, 5.41) is 8.82. The molecule has 1 N–H and O–H groups in total. The van der Waals surface area contributed by atoms with Gasteiger partial charge in [-0.2, -0.15) is 5.10 Å². The Bertz CT molecular complexity index is 1040. The van der Waals surface area contributed by atoms with Crippen molar-refractivity contribution < 1.29 is 14.3 Å². The highest BCUT2D eigenvalue weighted by Gasteiger charge is 2.45. The summed E-state index contributed by atoms with van der Waals surface area (Å²) in [5.41, 5.74) is 0.453. The molecule has 0 unspecified atom stereocenters. The van der Waals surface area contributed by atoms with Crippen molar-refractivity contribution in [1.82, 2.24) is 24.9 Å². The van der Waals surface area contributed by atoms with E-state index in [1.54, 1.807) is 16.7 Å². The van der Waals surface area contributed by atoms with Crippen LogP contribution in [0.15, 0.2) is 24.3 Å². The van der Waals surface area contributed by atoms with Crippen LogP contribution < -0.4 is 4.90 Å². The van der Waals surface area contributed by atoms with E-state index in [0.717, 1.165) is 55.2 Å². The van der Waals surface area contributed by atoms with Crippen molar-refractivity contribution in [2.24, 2.45) is 0 Å². The minimum Gasteiger partial charge on any atom is -0.444 e. The molecule has 3 aliphatic rings.